The fourth-order valence-electron chi connectivity index (χ4n) is 2.44. The molecule has 0 aliphatic carbocycles. The van der Waals surface area contributed by atoms with E-state index in [-0.39, 0.29) is 6.03 Å². The molecule has 2 N–H and O–H groups in total. The number of imidazole rings is 1. The summed E-state index contributed by atoms with van der Waals surface area (Å²) in [6.07, 6.45) is 3.52. The second-order valence-corrected chi connectivity index (χ2v) is 6.36. The van der Waals surface area contributed by atoms with Gasteiger partial charge in [-0.25, -0.2) is 9.78 Å². The first kappa shape index (κ1) is 17.3. The molecule has 3 rings (SSSR count). The Bertz CT molecular complexity index is 860. The molecule has 1 aromatic heterocycles. The molecule has 2 aromatic carbocycles. The normalized spacial score (nSPS) is 11.8. The van der Waals surface area contributed by atoms with Crippen molar-refractivity contribution in [2.75, 3.05) is 5.32 Å². The van der Waals surface area contributed by atoms with Crippen LogP contribution >= 0.6 is 23.2 Å². The number of anilines is 1. The molecule has 25 heavy (non-hydrogen) atoms. The third-order valence-corrected chi connectivity index (χ3v) is 4.20. The summed E-state index contributed by atoms with van der Waals surface area (Å²) in [7, 11) is 1.88. The minimum atomic E-state index is -0.412. The van der Waals surface area contributed by atoms with Gasteiger partial charge in [0, 0.05) is 35.2 Å². The second-order valence-electron chi connectivity index (χ2n) is 5.49. The van der Waals surface area contributed by atoms with E-state index >= 15 is 0 Å². The first-order chi connectivity index (χ1) is 12.0. The Kier molecular flexibility index (Phi) is 5.26. The number of amides is 2. The summed E-state index contributed by atoms with van der Waals surface area (Å²) in [6.45, 7) is 0. The lowest BCUT2D eigenvalue weighted by atomic mass is 10.1. The van der Waals surface area contributed by atoms with Crippen LogP contribution in [0.1, 0.15) is 17.4 Å². The van der Waals surface area contributed by atoms with Crippen LogP contribution in [-0.2, 0) is 7.05 Å². The second kappa shape index (κ2) is 7.59. The zero-order valence-electron chi connectivity index (χ0n) is 13.4. The van der Waals surface area contributed by atoms with Crippen LogP contribution in [0.3, 0.4) is 0 Å². The van der Waals surface area contributed by atoms with Crippen molar-refractivity contribution in [1.82, 2.24) is 14.9 Å². The Morgan fingerprint density at radius 3 is 2.20 bits per heavy atom. The molecule has 0 fully saturated rings. The van der Waals surface area contributed by atoms with Crippen molar-refractivity contribution < 1.29 is 4.79 Å². The minimum Gasteiger partial charge on any atom is -0.336 e. The van der Waals surface area contributed by atoms with Crippen LogP contribution in [0.5, 0.6) is 0 Å². The number of hydrogen-bond acceptors (Lipinski definition) is 2. The van der Waals surface area contributed by atoms with Gasteiger partial charge in [0.15, 0.2) is 0 Å². The average Bonchev–Trinajstić information content (AvgIpc) is 3.01. The van der Waals surface area contributed by atoms with Gasteiger partial charge in [-0.05, 0) is 42.0 Å². The Hall–Kier alpha value is -2.50. The molecule has 1 atom stereocenters. The first-order valence-corrected chi connectivity index (χ1v) is 8.34. The maximum atomic E-state index is 12.4. The lowest BCUT2D eigenvalue weighted by Gasteiger charge is -2.19. The molecule has 0 aliphatic heterocycles. The molecule has 1 heterocycles. The zero-order valence-corrected chi connectivity index (χ0v) is 14.9. The molecule has 5 nitrogen and oxygen atoms in total. The highest BCUT2D eigenvalue weighted by molar-refractivity contribution is 6.30. The van der Waals surface area contributed by atoms with Crippen molar-refractivity contribution in [2.24, 2.45) is 7.05 Å². The van der Waals surface area contributed by atoms with Gasteiger partial charge in [-0.2, -0.15) is 0 Å². The highest BCUT2D eigenvalue weighted by Crippen LogP contribution is 2.22. The summed E-state index contributed by atoms with van der Waals surface area (Å²) in [4.78, 5) is 16.8. The fraction of sp³-hybridized carbons (Fsp3) is 0.111. The standard InChI is InChI=1S/C18H16Cl2N4O/c1-24-11-10-21-17(24)16(12-2-4-13(19)5-3-12)23-18(25)22-15-8-6-14(20)7-9-15/h2-11,16H,1H3,(H2,22,23,25)/t16-/m1/s1. The quantitative estimate of drug-likeness (QED) is 0.698. The molecule has 0 saturated heterocycles. The number of carbonyl (C=O) groups is 1. The first-order valence-electron chi connectivity index (χ1n) is 7.59. The molecule has 0 spiro atoms. The third kappa shape index (κ3) is 4.32. The van der Waals surface area contributed by atoms with E-state index in [1.54, 1.807) is 42.6 Å². The number of benzene rings is 2. The van der Waals surface area contributed by atoms with E-state index in [0.717, 1.165) is 5.56 Å². The molecule has 0 radical (unpaired) electrons. The summed E-state index contributed by atoms with van der Waals surface area (Å²) < 4.78 is 1.86. The molecule has 0 saturated carbocycles. The van der Waals surface area contributed by atoms with Crippen LogP contribution in [0.15, 0.2) is 60.9 Å². The number of carbonyl (C=O) groups excluding carboxylic acids is 1. The summed E-state index contributed by atoms with van der Waals surface area (Å²) in [5.41, 5.74) is 1.53. The molecule has 3 aromatic rings. The van der Waals surface area contributed by atoms with E-state index in [0.29, 0.717) is 21.6 Å². The molecule has 7 heteroatoms. The van der Waals surface area contributed by atoms with E-state index in [1.807, 2.05) is 29.9 Å². The number of rotatable bonds is 4. The van der Waals surface area contributed by atoms with Gasteiger partial charge in [0.05, 0.1) is 0 Å². The van der Waals surface area contributed by atoms with Crippen LogP contribution in [0.2, 0.25) is 10.0 Å². The summed E-state index contributed by atoms with van der Waals surface area (Å²) in [5.74, 6) is 0.716. The topological polar surface area (TPSA) is 59.0 Å². The van der Waals surface area contributed by atoms with Gasteiger partial charge in [0.2, 0.25) is 0 Å². The van der Waals surface area contributed by atoms with Gasteiger partial charge in [-0.3, -0.25) is 0 Å². The number of nitrogens with zero attached hydrogens (tertiary/aromatic N) is 2. The van der Waals surface area contributed by atoms with E-state index in [2.05, 4.69) is 15.6 Å². The minimum absolute atomic E-state index is 0.342. The molecule has 0 aliphatic rings. The van der Waals surface area contributed by atoms with Gasteiger partial charge < -0.3 is 15.2 Å². The Morgan fingerprint density at radius 1 is 1.04 bits per heavy atom. The zero-order chi connectivity index (χ0) is 17.8. The highest BCUT2D eigenvalue weighted by Gasteiger charge is 2.20. The Labute approximate surface area is 155 Å². The van der Waals surface area contributed by atoms with Gasteiger partial charge in [-0.15, -0.1) is 0 Å². The van der Waals surface area contributed by atoms with E-state index < -0.39 is 6.04 Å². The van der Waals surface area contributed by atoms with Crippen LogP contribution in [0, 0.1) is 0 Å². The van der Waals surface area contributed by atoms with Crippen molar-refractivity contribution in [2.45, 2.75) is 6.04 Å². The summed E-state index contributed by atoms with van der Waals surface area (Å²) in [6, 6.07) is 13.4. The highest BCUT2D eigenvalue weighted by atomic mass is 35.5. The van der Waals surface area contributed by atoms with Crippen LogP contribution in [0.4, 0.5) is 10.5 Å². The van der Waals surface area contributed by atoms with Crippen LogP contribution < -0.4 is 10.6 Å². The predicted octanol–water partition coefficient (Wildman–Crippen LogP) is 4.64. The van der Waals surface area contributed by atoms with E-state index in [9.17, 15) is 4.79 Å². The molecular formula is C18H16Cl2N4O. The molecule has 2 amide bonds. The lowest BCUT2D eigenvalue weighted by molar-refractivity contribution is 0.249. The molecule has 0 unspecified atom stereocenters. The lowest BCUT2D eigenvalue weighted by Crippen LogP contribution is -2.34. The van der Waals surface area contributed by atoms with E-state index in [4.69, 9.17) is 23.2 Å². The third-order valence-electron chi connectivity index (χ3n) is 3.70. The number of urea groups is 1. The van der Waals surface area contributed by atoms with Gasteiger partial charge in [-0.1, -0.05) is 35.3 Å². The van der Waals surface area contributed by atoms with Crippen molar-refractivity contribution >= 4 is 34.9 Å². The smallest absolute Gasteiger partial charge is 0.320 e. The monoisotopic (exact) mass is 374 g/mol. The Morgan fingerprint density at radius 2 is 1.64 bits per heavy atom. The molecule has 128 valence electrons. The fourth-order valence-corrected chi connectivity index (χ4v) is 2.69. The summed E-state index contributed by atoms with van der Waals surface area (Å²) >= 11 is 11.8. The molecular weight excluding hydrogens is 359 g/mol. The maximum absolute atomic E-state index is 12.4. The number of aryl methyl sites for hydroxylation is 1. The maximum Gasteiger partial charge on any atom is 0.320 e. The van der Waals surface area contributed by atoms with Crippen molar-refractivity contribution in [3.8, 4) is 0 Å². The van der Waals surface area contributed by atoms with Gasteiger partial charge in [0.25, 0.3) is 0 Å². The van der Waals surface area contributed by atoms with Gasteiger partial charge in [0.1, 0.15) is 11.9 Å². The SMILES string of the molecule is Cn1ccnc1[C@H](NC(=O)Nc1ccc(Cl)cc1)c1ccc(Cl)cc1. The van der Waals surface area contributed by atoms with Crippen LogP contribution in [0.25, 0.3) is 0 Å². The van der Waals surface area contributed by atoms with Crippen molar-refractivity contribution in [3.63, 3.8) is 0 Å². The Balaban J connectivity index is 1.82. The number of nitrogens with one attached hydrogen (secondary N) is 2. The number of aromatic nitrogens is 2. The van der Waals surface area contributed by atoms with E-state index in [1.165, 1.54) is 0 Å². The average molecular weight is 375 g/mol. The summed E-state index contributed by atoms with van der Waals surface area (Å²) in [5, 5.41) is 6.98. The number of halogens is 2. The number of hydrogen-bond donors (Lipinski definition) is 2. The molecule has 0 bridgehead atoms. The van der Waals surface area contributed by atoms with Crippen molar-refractivity contribution in [3.05, 3.63) is 82.4 Å². The van der Waals surface area contributed by atoms with Gasteiger partial charge >= 0.3 is 6.03 Å². The largest absolute Gasteiger partial charge is 0.336 e. The van der Waals surface area contributed by atoms with Crippen LogP contribution in [-0.4, -0.2) is 15.6 Å². The van der Waals surface area contributed by atoms with Crippen molar-refractivity contribution in [1.29, 1.82) is 0 Å². The predicted molar refractivity (Wildman–Crippen MR) is 100 cm³/mol.